The molecular weight excluding hydrogens is 248 g/mol. The molecule has 1 aliphatic carbocycles. The van der Waals surface area contributed by atoms with E-state index in [1.807, 2.05) is 12.2 Å². The van der Waals surface area contributed by atoms with Crippen LogP contribution in [0.25, 0.3) is 0 Å². The van der Waals surface area contributed by atoms with Gasteiger partial charge in [-0.3, -0.25) is 9.63 Å². The molecule has 1 saturated heterocycles. The smallest absolute Gasteiger partial charge is 0.308 e. The summed E-state index contributed by atoms with van der Waals surface area (Å²) in [5, 5.41) is 3.88. The van der Waals surface area contributed by atoms with Crippen LogP contribution in [0.1, 0.15) is 19.3 Å². The van der Waals surface area contributed by atoms with Gasteiger partial charge in [-0.25, -0.2) is 0 Å². The van der Waals surface area contributed by atoms with Crippen LogP contribution in [0, 0.1) is 0 Å². The van der Waals surface area contributed by atoms with Crippen LogP contribution in [0.3, 0.4) is 0 Å². The maximum atomic E-state index is 11.2. The minimum Gasteiger partial charge on any atom is -0.469 e. The van der Waals surface area contributed by atoms with Crippen molar-refractivity contribution in [2.45, 2.75) is 31.4 Å². The molecule has 0 spiro atoms. The Morgan fingerprint density at radius 2 is 2.37 bits per heavy atom. The molecule has 1 heterocycles. The summed E-state index contributed by atoms with van der Waals surface area (Å²) in [5.74, 6) is -0.255. The van der Waals surface area contributed by atoms with Crippen LogP contribution in [-0.2, 0) is 19.2 Å². The number of hydroxylamine groups is 1. The zero-order valence-corrected chi connectivity index (χ0v) is 11.1. The fourth-order valence-electron chi connectivity index (χ4n) is 2.13. The first-order chi connectivity index (χ1) is 9.22. The van der Waals surface area contributed by atoms with Crippen LogP contribution in [0.4, 0.5) is 0 Å². The number of oxime groups is 1. The van der Waals surface area contributed by atoms with Gasteiger partial charge in [0.1, 0.15) is 7.11 Å². The standard InChI is InChI=1S/C13H18N2O4/c1-17-13(16)8-11-7-12(15-19-11)9-3-5-10(6-4-9)14-18-2/h3-5,11-12,15H,6-8H2,1-2H3/t11-,12+/m1/s1. The van der Waals surface area contributed by atoms with Crippen molar-refractivity contribution >= 4 is 11.7 Å². The topological polar surface area (TPSA) is 69.2 Å². The zero-order valence-electron chi connectivity index (χ0n) is 11.1. The highest BCUT2D eigenvalue weighted by atomic mass is 16.7. The van der Waals surface area contributed by atoms with E-state index in [-0.39, 0.29) is 24.5 Å². The quantitative estimate of drug-likeness (QED) is 0.609. The van der Waals surface area contributed by atoms with E-state index >= 15 is 0 Å². The summed E-state index contributed by atoms with van der Waals surface area (Å²) in [7, 11) is 2.91. The van der Waals surface area contributed by atoms with E-state index in [4.69, 9.17) is 9.68 Å². The molecule has 2 atom stereocenters. The van der Waals surface area contributed by atoms with Gasteiger partial charge < -0.3 is 9.57 Å². The first-order valence-electron chi connectivity index (χ1n) is 6.19. The highest BCUT2D eigenvalue weighted by Gasteiger charge is 2.29. The Kier molecular flexibility index (Phi) is 4.70. The third-order valence-electron chi connectivity index (χ3n) is 3.12. The predicted octanol–water partition coefficient (Wildman–Crippen LogP) is 1.10. The van der Waals surface area contributed by atoms with Gasteiger partial charge in [-0.1, -0.05) is 17.3 Å². The van der Waals surface area contributed by atoms with Gasteiger partial charge >= 0.3 is 5.97 Å². The minimum atomic E-state index is -0.255. The maximum Gasteiger partial charge on any atom is 0.308 e. The van der Waals surface area contributed by atoms with Gasteiger partial charge in [-0.05, 0) is 18.1 Å². The molecule has 1 N–H and O–H groups in total. The lowest BCUT2D eigenvalue weighted by molar-refractivity contribution is -0.143. The Bertz CT molecular complexity index is 428. The Balaban J connectivity index is 1.87. The molecule has 0 radical (unpaired) electrons. The SMILES string of the molecule is CON=C1C=CC([C@@H]2C[C@H](CC(=O)OC)ON2)=CC1. The van der Waals surface area contributed by atoms with Crippen molar-refractivity contribution < 1.29 is 19.2 Å². The van der Waals surface area contributed by atoms with E-state index in [0.717, 1.165) is 24.1 Å². The van der Waals surface area contributed by atoms with Gasteiger partial charge in [-0.2, -0.15) is 5.48 Å². The second-order valence-electron chi connectivity index (χ2n) is 4.43. The van der Waals surface area contributed by atoms with E-state index in [1.54, 1.807) is 0 Å². The lowest BCUT2D eigenvalue weighted by Gasteiger charge is -2.13. The predicted molar refractivity (Wildman–Crippen MR) is 69.3 cm³/mol. The average molecular weight is 266 g/mol. The van der Waals surface area contributed by atoms with Gasteiger partial charge in [0.05, 0.1) is 31.4 Å². The number of rotatable bonds is 4. The summed E-state index contributed by atoms with van der Waals surface area (Å²) >= 11 is 0. The summed E-state index contributed by atoms with van der Waals surface area (Å²) in [4.78, 5) is 21.3. The fraction of sp³-hybridized carbons (Fsp3) is 0.538. The third kappa shape index (κ3) is 3.65. The second kappa shape index (κ2) is 6.49. The van der Waals surface area contributed by atoms with Gasteiger partial charge in [0, 0.05) is 6.42 Å². The molecule has 0 aromatic heterocycles. The van der Waals surface area contributed by atoms with Crippen LogP contribution >= 0.6 is 0 Å². The monoisotopic (exact) mass is 266 g/mol. The number of allylic oxidation sites excluding steroid dienone is 2. The molecule has 0 aromatic carbocycles. The van der Waals surface area contributed by atoms with Crippen LogP contribution in [0.5, 0.6) is 0 Å². The van der Waals surface area contributed by atoms with E-state index in [0.29, 0.717) is 0 Å². The molecule has 2 aliphatic rings. The molecule has 0 amide bonds. The number of carbonyl (C=O) groups is 1. The molecule has 104 valence electrons. The van der Waals surface area contributed by atoms with E-state index in [1.165, 1.54) is 14.2 Å². The van der Waals surface area contributed by atoms with Crippen molar-refractivity contribution in [1.29, 1.82) is 0 Å². The van der Waals surface area contributed by atoms with Crippen LogP contribution in [0.15, 0.2) is 29.0 Å². The van der Waals surface area contributed by atoms with Crippen molar-refractivity contribution in [3.63, 3.8) is 0 Å². The molecule has 19 heavy (non-hydrogen) atoms. The third-order valence-corrected chi connectivity index (χ3v) is 3.12. The number of nitrogens with one attached hydrogen (secondary N) is 1. The van der Waals surface area contributed by atoms with Gasteiger partial charge in [-0.15, -0.1) is 0 Å². The molecular formula is C13H18N2O4. The van der Waals surface area contributed by atoms with Crippen LogP contribution in [0.2, 0.25) is 0 Å². The van der Waals surface area contributed by atoms with Gasteiger partial charge in [0.25, 0.3) is 0 Å². The summed E-state index contributed by atoms with van der Waals surface area (Å²) in [6.45, 7) is 0. The number of hydrogen-bond donors (Lipinski definition) is 1. The maximum absolute atomic E-state index is 11.2. The molecule has 0 aromatic rings. The second-order valence-corrected chi connectivity index (χ2v) is 4.43. The molecule has 6 nitrogen and oxygen atoms in total. The normalized spacial score (nSPS) is 28.3. The number of methoxy groups -OCH3 is 1. The summed E-state index contributed by atoms with van der Waals surface area (Å²) in [6.07, 6.45) is 7.62. The first-order valence-corrected chi connectivity index (χ1v) is 6.19. The van der Waals surface area contributed by atoms with Crippen molar-refractivity contribution in [3.8, 4) is 0 Å². The van der Waals surface area contributed by atoms with E-state index < -0.39 is 0 Å². The molecule has 2 rings (SSSR count). The number of hydrogen-bond acceptors (Lipinski definition) is 6. The zero-order chi connectivity index (χ0) is 13.7. The Hall–Kier alpha value is -1.66. The number of ether oxygens (including phenoxy) is 1. The molecule has 0 unspecified atom stereocenters. The Morgan fingerprint density at radius 1 is 1.53 bits per heavy atom. The Morgan fingerprint density at radius 3 is 3.00 bits per heavy atom. The molecule has 1 fully saturated rings. The highest BCUT2D eigenvalue weighted by molar-refractivity contribution is 5.97. The van der Waals surface area contributed by atoms with Crippen LogP contribution in [-0.4, -0.2) is 38.0 Å². The highest BCUT2D eigenvalue weighted by Crippen LogP contribution is 2.23. The Labute approximate surface area is 112 Å². The lowest BCUT2D eigenvalue weighted by atomic mass is 9.96. The first kappa shape index (κ1) is 13.8. The molecule has 0 saturated carbocycles. The van der Waals surface area contributed by atoms with Crippen molar-refractivity contribution in [1.82, 2.24) is 5.48 Å². The van der Waals surface area contributed by atoms with Gasteiger partial charge in [0.2, 0.25) is 0 Å². The van der Waals surface area contributed by atoms with Crippen molar-refractivity contribution in [2.24, 2.45) is 5.16 Å². The summed E-state index contributed by atoms with van der Waals surface area (Å²) < 4.78 is 4.63. The minimum absolute atomic E-state index is 0.106. The molecule has 6 heteroatoms. The summed E-state index contributed by atoms with van der Waals surface area (Å²) in [6, 6.07) is 0.106. The molecule has 1 aliphatic heterocycles. The van der Waals surface area contributed by atoms with Gasteiger partial charge in [0.15, 0.2) is 0 Å². The fourth-order valence-corrected chi connectivity index (χ4v) is 2.13. The molecule has 0 bridgehead atoms. The largest absolute Gasteiger partial charge is 0.469 e. The van der Waals surface area contributed by atoms with Crippen molar-refractivity contribution in [3.05, 3.63) is 23.8 Å². The number of esters is 1. The lowest BCUT2D eigenvalue weighted by Crippen LogP contribution is -2.22. The van der Waals surface area contributed by atoms with E-state index in [9.17, 15) is 4.79 Å². The number of nitrogens with zero attached hydrogens (tertiary/aromatic N) is 1. The average Bonchev–Trinajstić information content (AvgIpc) is 2.88. The van der Waals surface area contributed by atoms with E-state index in [2.05, 4.69) is 21.4 Å². The van der Waals surface area contributed by atoms with Crippen molar-refractivity contribution in [2.75, 3.05) is 14.2 Å². The summed E-state index contributed by atoms with van der Waals surface area (Å²) in [5.41, 5.74) is 4.98. The number of carbonyl (C=O) groups excluding carboxylic acids is 1. The van der Waals surface area contributed by atoms with Crippen LogP contribution < -0.4 is 5.48 Å².